The maximum Gasteiger partial charge on any atom is 0.191 e. The van der Waals surface area contributed by atoms with Crippen LogP contribution in [0.25, 0.3) is 0 Å². The van der Waals surface area contributed by atoms with Crippen molar-refractivity contribution in [3.8, 4) is 0 Å². The molecule has 2 heterocycles. The van der Waals surface area contributed by atoms with Crippen LogP contribution in [0.15, 0.2) is 4.99 Å². The van der Waals surface area contributed by atoms with E-state index >= 15 is 0 Å². The summed E-state index contributed by atoms with van der Waals surface area (Å²) in [6.07, 6.45) is 2.81. The van der Waals surface area contributed by atoms with E-state index in [1.807, 2.05) is 7.05 Å². The number of guanidine groups is 1. The van der Waals surface area contributed by atoms with Gasteiger partial charge in [0.1, 0.15) is 0 Å². The fraction of sp³-hybridized carbons (Fsp3) is 0.938. The summed E-state index contributed by atoms with van der Waals surface area (Å²) in [5, 5.41) is 7.14. The molecule has 2 unspecified atom stereocenters. The van der Waals surface area contributed by atoms with Crippen molar-refractivity contribution in [1.29, 1.82) is 0 Å². The van der Waals surface area contributed by atoms with E-state index < -0.39 is 0 Å². The third-order valence-electron chi connectivity index (χ3n) is 5.07. The lowest BCUT2D eigenvalue weighted by Gasteiger charge is -2.27. The molecule has 22 heavy (non-hydrogen) atoms. The molecule has 0 amide bonds. The van der Waals surface area contributed by atoms with Crippen LogP contribution in [0.2, 0.25) is 0 Å². The van der Waals surface area contributed by atoms with Gasteiger partial charge < -0.3 is 10.6 Å². The van der Waals surface area contributed by atoms with Crippen LogP contribution in [0.1, 0.15) is 19.8 Å². The fourth-order valence-electron chi connectivity index (χ4n) is 3.46. The molecule has 3 rings (SSSR count). The van der Waals surface area contributed by atoms with Gasteiger partial charge in [-0.05, 0) is 18.8 Å². The molecule has 0 aromatic carbocycles. The summed E-state index contributed by atoms with van der Waals surface area (Å²) in [7, 11) is 1.88. The van der Waals surface area contributed by atoms with Gasteiger partial charge in [0.2, 0.25) is 0 Å². The highest BCUT2D eigenvalue weighted by atomic mass is 32.2. The van der Waals surface area contributed by atoms with Crippen molar-refractivity contribution in [3.05, 3.63) is 0 Å². The summed E-state index contributed by atoms with van der Waals surface area (Å²) in [6.45, 7) is 9.34. The molecule has 0 radical (unpaired) electrons. The number of hydrogen-bond donors (Lipinski definition) is 2. The molecule has 2 atom stereocenters. The number of nitrogens with one attached hydrogen (secondary N) is 2. The Labute approximate surface area is 139 Å². The highest BCUT2D eigenvalue weighted by Gasteiger charge is 2.38. The largest absolute Gasteiger partial charge is 0.355 e. The molecule has 0 aromatic heterocycles. The van der Waals surface area contributed by atoms with E-state index in [0.29, 0.717) is 12.0 Å². The first kappa shape index (κ1) is 16.4. The van der Waals surface area contributed by atoms with Gasteiger partial charge in [-0.15, -0.1) is 0 Å². The molecule has 126 valence electrons. The average molecular weight is 326 g/mol. The molecule has 0 bridgehead atoms. The summed E-state index contributed by atoms with van der Waals surface area (Å²) in [6, 6.07) is 1.42. The van der Waals surface area contributed by atoms with E-state index in [-0.39, 0.29) is 0 Å². The Balaban J connectivity index is 1.38. The van der Waals surface area contributed by atoms with E-state index in [4.69, 9.17) is 0 Å². The maximum absolute atomic E-state index is 4.41. The highest BCUT2D eigenvalue weighted by Crippen LogP contribution is 2.31. The number of aliphatic imine (C=N–C) groups is 1. The third-order valence-corrected chi connectivity index (χ3v) is 6.02. The lowest BCUT2D eigenvalue weighted by Crippen LogP contribution is -2.48. The Morgan fingerprint density at radius 2 is 2.00 bits per heavy atom. The molecule has 2 aliphatic heterocycles. The molecule has 5 nitrogen and oxygen atoms in total. The lowest BCUT2D eigenvalue weighted by atomic mass is 10.1. The molecule has 1 saturated carbocycles. The Morgan fingerprint density at radius 3 is 2.68 bits per heavy atom. The van der Waals surface area contributed by atoms with E-state index in [0.717, 1.165) is 25.1 Å². The molecule has 0 aromatic rings. The van der Waals surface area contributed by atoms with Gasteiger partial charge in [-0.25, -0.2) is 0 Å². The van der Waals surface area contributed by atoms with Crippen LogP contribution >= 0.6 is 11.8 Å². The van der Waals surface area contributed by atoms with Gasteiger partial charge in [-0.1, -0.05) is 6.92 Å². The van der Waals surface area contributed by atoms with Crippen LogP contribution in [0.3, 0.4) is 0 Å². The van der Waals surface area contributed by atoms with Crippen LogP contribution in [0.4, 0.5) is 0 Å². The van der Waals surface area contributed by atoms with Gasteiger partial charge in [0.05, 0.1) is 0 Å². The van der Waals surface area contributed by atoms with Crippen LogP contribution in [-0.4, -0.2) is 85.7 Å². The van der Waals surface area contributed by atoms with Crippen LogP contribution in [0.5, 0.6) is 0 Å². The second kappa shape index (κ2) is 7.88. The quantitative estimate of drug-likeness (QED) is 0.575. The topological polar surface area (TPSA) is 42.9 Å². The van der Waals surface area contributed by atoms with E-state index in [1.165, 1.54) is 50.5 Å². The molecule has 2 saturated heterocycles. The Morgan fingerprint density at radius 1 is 1.23 bits per heavy atom. The van der Waals surface area contributed by atoms with Crippen LogP contribution in [0, 0.1) is 5.92 Å². The Kier molecular flexibility index (Phi) is 5.88. The standard InChI is InChI=1S/C16H31N5S/c1-13-11-21(14-3-4-14)12-15(13)19-16(17-2)18-5-6-20-7-9-22-10-8-20/h13-15H,3-12H2,1-2H3,(H2,17,18,19). The minimum atomic E-state index is 0.540. The number of thioether (sulfide) groups is 1. The van der Waals surface area contributed by atoms with Crippen LogP contribution in [-0.2, 0) is 0 Å². The molecular formula is C16H31N5S. The Bertz CT molecular complexity index is 379. The first-order chi connectivity index (χ1) is 10.8. The lowest BCUT2D eigenvalue weighted by molar-refractivity contribution is 0.306. The molecule has 3 aliphatic rings. The predicted octanol–water partition coefficient (Wildman–Crippen LogP) is 0.683. The van der Waals surface area contributed by atoms with Crippen molar-refractivity contribution in [1.82, 2.24) is 20.4 Å². The molecule has 2 N–H and O–H groups in total. The van der Waals surface area contributed by atoms with Gasteiger partial charge in [0, 0.05) is 69.9 Å². The summed E-state index contributed by atoms with van der Waals surface area (Å²) >= 11 is 2.07. The average Bonchev–Trinajstić information content (AvgIpc) is 3.32. The predicted molar refractivity (Wildman–Crippen MR) is 95.8 cm³/mol. The zero-order valence-electron chi connectivity index (χ0n) is 14.1. The second-order valence-corrected chi connectivity index (χ2v) is 8.09. The van der Waals surface area contributed by atoms with Crippen LogP contribution < -0.4 is 10.6 Å². The molecular weight excluding hydrogens is 294 g/mol. The SMILES string of the molecule is CN=C(NCCN1CCSCC1)NC1CN(C2CC2)CC1C. The minimum Gasteiger partial charge on any atom is -0.355 e. The summed E-state index contributed by atoms with van der Waals surface area (Å²) in [5.74, 6) is 4.24. The zero-order chi connectivity index (χ0) is 15.4. The summed E-state index contributed by atoms with van der Waals surface area (Å²) < 4.78 is 0. The van der Waals surface area contributed by atoms with Crippen molar-refractivity contribution in [2.24, 2.45) is 10.9 Å². The van der Waals surface area contributed by atoms with E-state index in [2.05, 4.69) is 44.1 Å². The number of hydrogen-bond acceptors (Lipinski definition) is 4. The first-order valence-electron chi connectivity index (χ1n) is 8.77. The minimum absolute atomic E-state index is 0.540. The Hall–Kier alpha value is -0.460. The van der Waals surface area contributed by atoms with Gasteiger partial charge in [0.15, 0.2) is 5.96 Å². The number of nitrogens with zero attached hydrogens (tertiary/aromatic N) is 3. The monoisotopic (exact) mass is 325 g/mol. The van der Waals surface area contributed by atoms with Crippen molar-refractivity contribution in [2.45, 2.75) is 31.8 Å². The highest BCUT2D eigenvalue weighted by molar-refractivity contribution is 7.99. The maximum atomic E-state index is 4.41. The molecule has 6 heteroatoms. The van der Waals surface area contributed by atoms with Gasteiger partial charge >= 0.3 is 0 Å². The van der Waals surface area contributed by atoms with E-state index in [1.54, 1.807) is 0 Å². The van der Waals surface area contributed by atoms with Crippen molar-refractivity contribution < 1.29 is 0 Å². The van der Waals surface area contributed by atoms with Crippen molar-refractivity contribution in [2.75, 3.05) is 57.8 Å². The molecule has 0 spiro atoms. The normalized spacial score (nSPS) is 31.5. The van der Waals surface area contributed by atoms with Gasteiger partial charge in [-0.3, -0.25) is 14.8 Å². The first-order valence-corrected chi connectivity index (χ1v) is 9.93. The smallest absolute Gasteiger partial charge is 0.191 e. The van der Waals surface area contributed by atoms with Gasteiger partial charge in [0.25, 0.3) is 0 Å². The number of likely N-dealkylation sites (tertiary alicyclic amines) is 1. The van der Waals surface area contributed by atoms with E-state index in [9.17, 15) is 0 Å². The van der Waals surface area contributed by atoms with Gasteiger partial charge in [-0.2, -0.15) is 11.8 Å². The number of rotatable bonds is 5. The zero-order valence-corrected chi connectivity index (χ0v) is 14.9. The van der Waals surface area contributed by atoms with Crippen molar-refractivity contribution >= 4 is 17.7 Å². The van der Waals surface area contributed by atoms with Crippen molar-refractivity contribution in [3.63, 3.8) is 0 Å². The second-order valence-electron chi connectivity index (χ2n) is 6.87. The molecule has 1 aliphatic carbocycles. The fourth-order valence-corrected chi connectivity index (χ4v) is 4.44. The third kappa shape index (κ3) is 4.52. The summed E-state index contributed by atoms with van der Waals surface area (Å²) in [5.41, 5.74) is 0. The molecule has 3 fully saturated rings. The summed E-state index contributed by atoms with van der Waals surface area (Å²) in [4.78, 5) is 9.61.